The van der Waals surface area contributed by atoms with Crippen LogP contribution in [0.25, 0.3) is 0 Å². The highest BCUT2D eigenvalue weighted by Crippen LogP contribution is 2.30. The van der Waals surface area contributed by atoms with E-state index in [1.807, 2.05) is 4.90 Å². The third kappa shape index (κ3) is 4.58. The van der Waals surface area contributed by atoms with Crippen molar-refractivity contribution >= 4 is 11.7 Å². The fraction of sp³-hybridized carbons (Fsp3) is 0.875. The van der Waals surface area contributed by atoms with Crippen LogP contribution >= 0.6 is 0 Å². The highest BCUT2D eigenvalue weighted by Gasteiger charge is 2.26. The van der Waals surface area contributed by atoms with Gasteiger partial charge in [0.1, 0.15) is 5.78 Å². The molecule has 2 fully saturated rings. The maximum absolute atomic E-state index is 12.3. The molecule has 4 heteroatoms. The van der Waals surface area contributed by atoms with Gasteiger partial charge in [0.05, 0.1) is 0 Å². The molecule has 2 aliphatic rings. The van der Waals surface area contributed by atoms with Crippen molar-refractivity contribution in [2.24, 2.45) is 11.8 Å². The quantitative estimate of drug-likeness (QED) is 0.838. The largest absolute Gasteiger partial charge is 0.340 e. The molecule has 4 nitrogen and oxygen atoms in total. The van der Waals surface area contributed by atoms with Crippen molar-refractivity contribution in [1.82, 2.24) is 10.2 Å². The van der Waals surface area contributed by atoms with Crippen molar-refractivity contribution in [3.8, 4) is 0 Å². The standard InChI is InChI=1S/C16H28N2O2/c1-13(19)15(11-14-5-3-2-4-6-14)12-16(20)18-9-7-17-8-10-18/h14-15,17H,2-12H2,1H3/t15-/m1/s1. The molecule has 0 aromatic carbocycles. The fourth-order valence-electron chi connectivity index (χ4n) is 3.47. The van der Waals surface area contributed by atoms with Gasteiger partial charge in [0.2, 0.25) is 5.91 Å². The number of ketones is 1. The summed E-state index contributed by atoms with van der Waals surface area (Å²) >= 11 is 0. The zero-order valence-corrected chi connectivity index (χ0v) is 12.7. The maximum Gasteiger partial charge on any atom is 0.223 e. The topological polar surface area (TPSA) is 49.4 Å². The summed E-state index contributed by atoms with van der Waals surface area (Å²) in [5, 5.41) is 3.25. The van der Waals surface area contributed by atoms with Gasteiger partial charge in [-0.05, 0) is 19.3 Å². The third-order valence-corrected chi connectivity index (χ3v) is 4.81. The van der Waals surface area contributed by atoms with Crippen LogP contribution in [0.3, 0.4) is 0 Å². The lowest BCUT2D eigenvalue weighted by Crippen LogP contribution is -2.47. The number of carbonyl (C=O) groups is 2. The molecule has 1 amide bonds. The lowest BCUT2D eigenvalue weighted by Gasteiger charge is -2.30. The second-order valence-corrected chi connectivity index (χ2v) is 6.38. The number of piperazine rings is 1. The average Bonchev–Trinajstić information content (AvgIpc) is 2.48. The van der Waals surface area contributed by atoms with Gasteiger partial charge < -0.3 is 10.2 Å². The van der Waals surface area contributed by atoms with Gasteiger partial charge in [0, 0.05) is 38.5 Å². The van der Waals surface area contributed by atoms with E-state index >= 15 is 0 Å². The molecule has 0 aromatic rings. The van der Waals surface area contributed by atoms with E-state index in [2.05, 4.69) is 5.32 Å². The molecule has 1 saturated carbocycles. The van der Waals surface area contributed by atoms with Gasteiger partial charge in [-0.25, -0.2) is 0 Å². The molecule has 114 valence electrons. The number of hydrogen-bond donors (Lipinski definition) is 1. The summed E-state index contributed by atoms with van der Waals surface area (Å²) in [7, 11) is 0. The number of carbonyl (C=O) groups excluding carboxylic acids is 2. The first-order chi connectivity index (χ1) is 9.66. The minimum Gasteiger partial charge on any atom is -0.340 e. The van der Waals surface area contributed by atoms with Crippen molar-refractivity contribution in [2.75, 3.05) is 26.2 Å². The molecule has 2 rings (SSSR count). The Bertz CT molecular complexity index is 331. The molecule has 1 N–H and O–H groups in total. The Labute approximate surface area is 122 Å². The van der Waals surface area contributed by atoms with Crippen LogP contribution in [0.2, 0.25) is 0 Å². The Morgan fingerprint density at radius 2 is 1.80 bits per heavy atom. The second-order valence-electron chi connectivity index (χ2n) is 6.38. The van der Waals surface area contributed by atoms with Crippen LogP contribution in [0, 0.1) is 11.8 Å². The van der Waals surface area contributed by atoms with Crippen LogP contribution in [0.1, 0.15) is 51.9 Å². The lowest BCUT2D eigenvalue weighted by molar-refractivity contribution is -0.136. The number of rotatable bonds is 5. The van der Waals surface area contributed by atoms with E-state index in [9.17, 15) is 9.59 Å². The molecule has 0 aromatic heterocycles. The number of amides is 1. The summed E-state index contributed by atoms with van der Waals surface area (Å²) in [6.07, 6.45) is 7.75. The average molecular weight is 280 g/mol. The van der Waals surface area contributed by atoms with Crippen molar-refractivity contribution < 1.29 is 9.59 Å². The van der Waals surface area contributed by atoms with Gasteiger partial charge in [-0.1, -0.05) is 32.1 Å². The number of nitrogens with zero attached hydrogens (tertiary/aromatic N) is 1. The molecule has 0 bridgehead atoms. The van der Waals surface area contributed by atoms with Gasteiger partial charge in [0.25, 0.3) is 0 Å². The normalized spacial score (nSPS) is 22.6. The van der Waals surface area contributed by atoms with Gasteiger partial charge in [0.15, 0.2) is 0 Å². The predicted octanol–water partition coefficient (Wildman–Crippen LogP) is 1.98. The molecule has 1 aliphatic heterocycles. The summed E-state index contributed by atoms with van der Waals surface area (Å²) in [5.41, 5.74) is 0. The van der Waals surface area contributed by atoms with Gasteiger partial charge in [-0.15, -0.1) is 0 Å². The van der Waals surface area contributed by atoms with Gasteiger partial charge in [-0.3, -0.25) is 9.59 Å². The summed E-state index contributed by atoms with van der Waals surface area (Å²) < 4.78 is 0. The molecular formula is C16H28N2O2. The fourth-order valence-corrected chi connectivity index (χ4v) is 3.47. The number of Topliss-reactive ketones (excluding diaryl/α,β-unsaturated/α-hetero) is 1. The van der Waals surface area contributed by atoms with Crippen LogP contribution in [0.5, 0.6) is 0 Å². The molecule has 20 heavy (non-hydrogen) atoms. The molecule has 1 saturated heterocycles. The Kier molecular flexibility index (Phi) is 6.02. The van der Waals surface area contributed by atoms with Crippen LogP contribution in [-0.4, -0.2) is 42.8 Å². The van der Waals surface area contributed by atoms with E-state index in [4.69, 9.17) is 0 Å². The molecule has 1 aliphatic carbocycles. The SMILES string of the molecule is CC(=O)[C@@H](CC(=O)N1CCNCC1)CC1CCCCC1. The van der Waals surface area contributed by atoms with E-state index in [1.54, 1.807) is 6.92 Å². The first-order valence-electron chi connectivity index (χ1n) is 8.15. The zero-order valence-electron chi connectivity index (χ0n) is 12.7. The zero-order chi connectivity index (χ0) is 14.4. The van der Waals surface area contributed by atoms with E-state index < -0.39 is 0 Å². The maximum atomic E-state index is 12.3. The van der Waals surface area contributed by atoms with E-state index in [1.165, 1.54) is 32.1 Å². The van der Waals surface area contributed by atoms with Crippen LogP contribution in [-0.2, 0) is 9.59 Å². The Morgan fingerprint density at radius 1 is 1.15 bits per heavy atom. The Balaban J connectivity index is 1.84. The summed E-state index contributed by atoms with van der Waals surface area (Å²) in [5.74, 6) is 0.968. The first-order valence-corrected chi connectivity index (χ1v) is 8.15. The first kappa shape index (κ1) is 15.5. The lowest BCUT2D eigenvalue weighted by atomic mass is 9.80. The predicted molar refractivity (Wildman–Crippen MR) is 79.4 cm³/mol. The van der Waals surface area contributed by atoms with E-state index in [0.29, 0.717) is 12.3 Å². The summed E-state index contributed by atoms with van der Waals surface area (Å²) in [6.45, 7) is 4.97. The summed E-state index contributed by atoms with van der Waals surface area (Å²) in [4.78, 5) is 26.1. The molecule has 0 radical (unpaired) electrons. The van der Waals surface area contributed by atoms with Crippen molar-refractivity contribution in [3.63, 3.8) is 0 Å². The number of hydrogen-bond acceptors (Lipinski definition) is 3. The van der Waals surface area contributed by atoms with Crippen molar-refractivity contribution in [1.29, 1.82) is 0 Å². The van der Waals surface area contributed by atoms with Crippen LogP contribution in [0.15, 0.2) is 0 Å². The highest BCUT2D eigenvalue weighted by molar-refractivity contribution is 5.85. The van der Waals surface area contributed by atoms with Crippen LogP contribution in [0.4, 0.5) is 0 Å². The minimum atomic E-state index is -0.0551. The van der Waals surface area contributed by atoms with Gasteiger partial charge >= 0.3 is 0 Å². The van der Waals surface area contributed by atoms with E-state index in [0.717, 1.165) is 32.6 Å². The minimum absolute atomic E-state index is 0.0551. The smallest absolute Gasteiger partial charge is 0.223 e. The van der Waals surface area contributed by atoms with E-state index in [-0.39, 0.29) is 17.6 Å². The van der Waals surface area contributed by atoms with Crippen LogP contribution < -0.4 is 5.32 Å². The van der Waals surface area contributed by atoms with Gasteiger partial charge in [-0.2, -0.15) is 0 Å². The summed E-state index contributed by atoms with van der Waals surface area (Å²) in [6, 6.07) is 0. The van der Waals surface area contributed by atoms with Crippen molar-refractivity contribution in [3.05, 3.63) is 0 Å². The monoisotopic (exact) mass is 280 g/mol. The Morgan fingerprint density at radius 3 is 2.40 bits per heavy atom. The number of nitrogens with one attached hydrogen (secondary N) is 1. The molecule has 0 spiro atoms. The highest BCUT2D eigenvalue weighted by atomic mass is 16.2. The molecule has 1 atom stereocenters. The molecular weight excluding hydrogens is 252 g/mol. The molecule has 1 heterocycles. The molecule has 0 unspecified atom stereocenters. The second kappa shape index (κ2) is 7.77. The Hall–Kier alpha value is -0.900. The van der Waals surface area contributed by atoms with Crippen molar-refractivity contribution in [2.45, 2.75) is 51.9 Å². The third-order valence-electron chi connectivity index (χ3n) is 4.81.